The summed E-state index contributed by atoms with van der Waals surface area (Å²) in [5, 5.41) is 10.7. The second kappa shape index (κ2) is 4.47. The maximum Gasteiger partial charge on any atom is 0.307 e. The van der Waals surface area contributed by atoms with Crippen LogP contribution in [0.4, 0.5) is 5.69 Å². The van der Waals surface area contributed by atoms with Gasteiger partial charge in [0.05, 0.1) is 4.92 Å². The summed E-state index contributed by atoms with van der Waals surface area (Å²) in [4.78, 5) is 18.2. The molecule has 6 heteroatoms. The average Bonchev–Trinajstić information content (AvgIpc) is 2.29. The van der Waals surface area contributed by atoms with Gasteiger partial charge in [0.2, 0.25) is 5.15 Å². The Kier molecular flexibility index (Phi) is 3.01. The quantitative estimate of drug-likeness (QED) is 0.466. The highest BCUT2D eigenvalue weighted by atomic mass is 35.5. The molecule has 0 spiro atoms. The number of aromatic nitrogens is 2. The number of nitro groups is 1. The molecule has 2 aromatic heterocycles. The lowest BCUT2D eigenvalue weighted by molar-refractivity contribution is -0.385. The molecule has 2 heterocycles. The Bertz CT molecular complexity index is 572. The van der Waals surface area contributed by atoms with E-state index in [-0.39, 0.29) is 10.8 Å². The molecule has 0 atom stereocenters. The van der Waals surface area contributed by atoms with Crippen molar-refractivity contribution in [2.75, 3.05) is 0 Å². The third kappa shape index (κ3) is 2.24. The van der Waals surface area contributed by atoms with E-state index in [0.29, 0.717) is 11.3 Å². The average molecular weight is 250 g/mol. The van der Waals surface area contributed by atoms with Gasteiger partial charge in [0, 0.05) is 35.3 Å². The van der Waals surface area contributed by atoms with Crippen LogP contribution in [0.5, 0.6) is 0 Å². The Morgan fingerprint density at radius 2 is 2.24 bits per heavy atom. The van der Waals surface area contributed by atoms with E-state index in [0.717, 1.165) is 5.56 Å². The molecule has 0 unspecified atom stereocenters. The van der Waals surface area contributed by atoms with E-state index in [1.54, 1.807) is 25.4 Å². The van der Waals surface area contributed by atoms with Gasteiger partial charge in [-0.05, 0) is 13.0 Å². The summed E-state index contributed by atoms with van der Waals surface area (Å²) in [6.45, 7) is 1.75. The van der Waals surface area contributed by atoms with Crippen LogP contribution < -0.4 is 0 Å². The van der Waals surface area contributed by atoms with Crippen molar-refractivity contribution in [1.29, 1.82) is 0 Å². The molecule has 0 aliphatic rings. The smallest absolute Gasteiger partial charge is 0.264 e. The van der Waals surface area contributed by atoms with Gasteiger partial charge in [0.1, 0.15) is 0 Å². The highest BCUT2D eigenvalue weighted by Crippen LogP contribution is 2.30. The molecule has 0 aliphatic heterocycles. The second-order valence-corrected chi connectivity index (χ2v) is 3.79. The molecule has 86 valence electrons. The van der Waals surface area contributed by atoms with E-state index in [4.69, 9.17) is 11.6 Å². The third-order valence-electron chi connectivity index (χ3n) is 2.32. The minimum atomic E-state index is -0.547. The van der Waals surface area contributed by atoms with Crippen LogP contribution in [0.3, 0.4) is 0 Å². The van der Waals surface area contributed by atoms with Gasteiger partial charge >= 0.3 is 5.69 Å². The van der Waals surface area contributed by atoms with Gasteiger partial charge < -0.3 is 0 Å². The molecule has 0 radical (unpaired) electrons. The summed E-state index contributed by atoms with van der Waals surface area (Å²) in [7, 11) is 0. The van der Waals surface area contributed by atoms with Crippen LogP contribution in [0.25, 0.3) is 11.1 Å². The van der Waals surface area contributed by atoms with Crippen LogP contribution in [0.2, 0.25) is 5.15 Å². The minimum absolute atomic E-state index is 0.0971. The Hall–Kier alpha value is -2.01. The van der Waals surface area contributed by atoms with E-state index in [2.05, 4.69) is 9.97 Å². The summed E-state index contributed by atoms with van der Waals surface area (Å²) in [6.07, 6.45) is 3.26. The molecule has 5 nitrogen and oxygen atoms in total. The van der Waals surface area contributed by atoms with Crippen molar-refractivity contribution in [3.8, 4) is 11.1 Å². The third-order valence-corrected chi connectivity index (χ3v) is 2.60. The van der Waals surface area contributed by atoms with Gasteiger partial charge in [-0.25, -0.2) is 4.98 Å². The van der Waals surface area contributed by atoms with E-state index in [1.807, 2.05) is 6.07 Å². The molecule has 0 aromatic carbocycles. The van der Waals surface area contributed by atoms with E-state index < -0.39 is 4.92 Å². The first kappa shape index (κ1) is 11.5. The molecule has 0 aliphatic carbocycles. The largest absolute Gasteiger partial charge is 0.307 e. The fraction of sp³-hybridized carbons (Fsp3) is 0.0909. The van der Waals surface area contributed by atoms with Crippen molar-refractivity contribution in [1.82, 2.24) is 9.97 Å². The molecular formula is C11H8ClN3O2. The first-order valence-electron chi connectivity index (χ1n) is 4.81. The van der Waals surface area contributed by atoms with E-state index in [9.17, 15) is 10.1 Å². The molecule has 0 bridgehead atoms. The fourth-order valence-electron chi connectivity index (χ4n) is 1.51. The van der Waals surface area contributed by atoms with Crippen molar-refractivity contribution in [3.63, 3.8) is 0 Å². The number of nitrogens with zero attached hydrogens (tertiary/aromatic N) is 3. The van der Waals surface area contributed by atoms with Crippen molar-refractivity contribution < 1.29 is 4.92 Å². The van der Waals surface area contributed by atoms with Crippen molar-refractivity contribution >= 4 is 17.3 Å². The van der Waals surface area contributed by atoms with Gasteiger partial charge in [-0.2, -0.15) is 0 Å². The number of rotatable bonds is 2. The zero-order chi connectivity index (χ0) is 12.4. The number of hydrogen-bond donors (Lipinski definition) is 0. The lowest BCUT2D eigenvalue weighted by Crippen LogP contribution is -1.96. The highest BCUT2D eigenvalue weighted by Gasteiger charge is 2.17. The molecule has 0 amide bonds. The summed E-state index contributed by atoms with van der Waals surface area (Å²) in [5.41, 5.74) is 1.87. The van der Waals surface area contributed by atoms with E-state index in [1.165, 1.54) is 6.07 Å². The lowest BCUT2D eigenvalue weighted by Gasteiger charge is -2.05. The predicted octanol–water partition coefficient (Wildman–Crippen LogP) is 3.01. The lowest BCUT2D eigenvalue weighted by atomic mass is 10.1. The zero-order valence-corrected chi connectivity index (χ0v) is 9.68. The van der Waals surface area contributed by atoms with Gasteiger partial charge in [0.25, 0.3) is 0 Å². The number of aryl methyl sites for hydroxylation is 1. The van der Waals surface area contributed by atoms with Gasteiger partial charge in [-0.3, -0.25) is 15.1 Å². The Labute approximate surface area is 102 Å². The molecule has 17 heavy (non-hydrogen) atoms. The van der Waals surface area contributed by atoms with Crippen LogP contribution in [0.15, 0.2) is 30.6 Å². The number of halogens is 1. The molecule has 0 fully saturated rings. The predicted molar refractivity (Wildman–Crippen MR) is 63.9 cm³/mol. The van der Waals surface area contributed by atoms with Crippen molar-refractivity contribution in [2.45, 2.75) is 6.92 Å². The van der Waals surface area contributed by atoms with Crippen LogP contribution in [-0.4, -0.2) is 14.9 Å². The summed E-state index contributed by atoms with van der Waals surface area (Å²) >= 11 is 5.72. The van der Waals surface area contributed by atoms with Crippen LogP contribution >= 0.6 is 11.6 Å². The molecule has 0 saturated heterocycles. The molecule has 2 rings (SSSR count). The zero-order valence-electron chi connectivity index (χ0n) is 8.92. The maximum absolute atomic E-state index is 10.8. The molecule has 0 N–H and O–H groups in total. The number of hydrogen-bond acceptors (Lipinski definition) is 4. The van der Waals surface area contributed by atoms with Crippen molar-refractivity contribution in [3.05, 3.63) is 51.6 Å². The topological polar surface area (TPSA) is 68.9 Å². The molecule has 0 saturated carbocycles. The SMILES string of the molecule is Cc1nc(Cl)c([N+](=O)[O-])cc1-c1cccnc1. The van der Waals surface area contributed by atoms with E-state index >= 15 is 0 Å². The van der Waals surface area contributed by atoms with Crippen LogP contribution in [-0.2, 0) is 0 Å². The number of pyridine rings is 2. The molecular weight excluding hydrogens is 242 g/mol. The summed E-state index contributed by atoms with van der Waals surface area (Å²) in [6, 6.07) is 4.99. The highest BCUT2D eigenvalue weighted by molar-refractivity contribution is 6.31. The monoisotopic (exact) mass is 249 g/mol. The first-order chi connectivity index (χ1) is 8.09. The van der Waals surface area contributed by atoms with Gasteiger partial charge in [-0.15, -0.1) is 0 Å². The van der Waals surface area contributed by atoms with Gasteiger partial charge in [0.15, 0.2) is 0 Å². The Morgan fingerprint density at radius 3 is 2.82 bits per heavy atom. The maximum atomic E-state index is 10.8. The van der Waals surface area contributed by atoms with Crippen LogP contribution in [0.1, 0.15) is 5.69 Å². The minimum Gasteiger partial charge on any atom is -0.264 e. The standard InChI is InChI=1S/C11H8ClN3O2/c1-7-9(8-3-2-4-13-6-8)5-10(15(16)17)11(12)14-7/h2-6H,1H3. The Balaban J connectivity index is 2.63. The van der Waals surface area contributed by atoms with Gasteiger partial charge in [-0.1, -0.05) is 17.7 Å². The Morgan fingerprint density at radius 1 is 1.47 bits per heavy atom. The first-order valence-corrected chi connectivity index (χ1v) is 5.19. The normalized spacial score (nSPS) is 10.2. The second-order valence-electron chi connectivity index (χ2n) is 3.43. The summed E-state index contributed by atoms with van der Waals surface area (Å²) in [5.74, 6) is 0. The summed E-state index contributed by atoms with van der Waals surface area (Å²) < 4.78 is 0. The van der Waals surface area contributed by atoms with Crippen molar-refractivity contribution in [2.24, 2.45) is 0 Å². The fourth-order valence-corrected chi connectivity index (χ4v) is 1.76. The van der Waals surface area contributed by atoms with Crippen LogP contribution in [0, 0.1) is 17.0 Å². The molecule has 2 aromatic rings.